The van der Waals surface area contributed by atoms with Crippen LogP contribution in [0.3, 0.4) is 0 Å². The van der Waals surface area contributed by atoms with Crippen molar-refractivity contribution in [2.45, 2.75) is 33.2 Å². The monoisotopic (exact) mass is 329 g/mol. The first kappa shape index (κ1) is 17.7. The zero-order valence-corrected chi connectivity index (χ0v) is 14.4. The van der Waals surface area contributed by atoms with Gasteiger partial charge < -0.3 is 10.6 Å². The molecule has 128 valence electrons. The standard InChI is InChI=1S/C17H23N5O2/c1-11(2)9-15(16-18-10-19-22(16)4)21-17(24)20-14-7-5-13(6-8-14)12(3)23/h5-8,10-11,15H,9H2,1-4H3,(H2,20,21,24)/t15-/m0/s1. The number of benzene rings is 1. The number of anilines is 1. The van der Waals surface area contributed by atoms with Crippen LogP contribution in [0.25, 0.3) is 0 Å². The van der Waals surface area contributed by atoms with Crippen LogP contribution in [0.15, 0.2) is 30.6 Å². The van der Waals surface area contributed by atoms with Gasteiger partial charge in [0.05, 0.1) is 6.04 Å². The smallest absolute Gasteiger partial charge is 0.319 e. The first-order valence-corrected chi connectivity index (χ1v) is 7.89. The Morgan fingerprint density at radius 2 is 1.88 bits per heavy atom. The average molecular weight is 329 g/mol. The highest BCUT2D eigenvalue weighted by Gasteiger charge is 2.20. The summed E-state index contributed by atoms with van der Waals surface area (Å²) >= 11 is 0. The van der Waals surface area contributed by atoms with Gasteiger partial charge in [0.1, 0.15) is 12.2 Å². The van der Waals surface area contributed by atoms with Crippen LogP contribution >= 0.6 is 0 Å². The lowest BCUT2D eigenvalue weighted by molar-refractivity contribution is 0.101. The minimum Gasteiger partial charge on any atom is -0.328 e. The van der Waals surface area contributed by atoms with E-state index < -0.39 is 0 Å². The number of Topliss-reactive ketones (excluding diaryl/α,β-unsaturated/α-hetero) is 1. The molecule has 0 aliphatic heterocycles. The van der Waals surface area contributed by atoms with Crippen LogP contribution in [-0.4, -0.2) is 26.6 Å². The van der Waals surface area contributed by atoms with Gasteiger partial charge in [-0.3, -0.25) is 9.48 Å². The third-order valence-electron chi connectivity index (χ3n) is 3.62. The lowest BCUT2D eigenvalue weighted by Crippen LogP contribution is -2.34. The maximum atomic E-state index is 12.3. The minimum absolute atomic E-state index is 0.00900. The molecule has 2 amide bonds. The van der Waals surface area contributed by atoms with Gasteiger partial charge in [-0.1, -0.05) is 13.8 Å². The van der Waals surface area contributed by atoms with E-state index in [4.69, 9.17) is 0 Å². The van der Waals surface area contributed by atoms with Gasteiger partial charge in [0.15, 0.2) is 5.78 Å². The quantitative estimate of drug-likeness (QED) is 0.798. The minimum atomic E-state index is -0.320. The first-order chi connectivity index (χ1) is 11.4. The molecule has 0 aliphatic carbocycles. The molecule has 7 heteroatoms. The number of carbonyl (C=O) groups excluding carboxylic acids is 2. The van der Waals surface area contributed by atoms with Crippen LogP contribution in [0.4, 0.5) is 10.5 Å². The predicted molar refractivity (Wildman–Crippen MR) is 91.8 cm³/mol. The van der Waals surface area contributed by atoms with Gasteiger partial charge in [-0.2, -0.15) is 5.10 Å². The number of carbonyl (C=O) groups is 2. The summed E-state index contributed by atoms with van der Waals surface area (Å²) in [7, 11) is 1.80. The third-order valence-corrected chi connectivity index (χ3v) is 3.62. The molecule has 1 atom stereocenters. The summed E-state index contributed by atoms with van der Waals surface area (Å²) in [5, 5.41) is 9.78. The van der Waals surface area contributed by atoms with Crippen molar-refractivity contribution in [3.63, 3.8) is 0 Å². The van der Waals surface area contributed by atoms with Crippen LogP contribution in [0.2, 0.25) is 0 Å². The highest BCUT2D eigenvalue weighted by Crippen LogP contribution is 2.19. The first-order valence-electron chi connectivity index (χ1n) is 7.89. The molecular weight excluding hydrogens is 306 g/mol. The second kappa shape index (κ2) is 7.72. The van der Waals surface area contributed by atoms with Crippen LogP contribution in [0.1, 0.15) is 49.4 Å². The Hall–Kier alpha value is -2.70. The molecule has 1 heterocycles. The van der Waals surface area contributed by atoms with Crippen molar-refractivity contribution in [1.82, 2.24) is 20.1 Å². The maximum Gasteiger partial charge on any atom is 0.319 e. The van der Waals surface area contributed by atoms with E-state index in [0.717, 1.165) is 6.42 Å². The molecule has 0 bridgehead atoms. The molecule has 1 aromatic carbocycles. The maximum absolute atomic E-state index is 12.3. The fourth-order valence-corrected chi connectivity index (χ4v) is 2.43. The Kier molecular flexibility index (Phi) is 5.68. The van der Waals surface area contributed by atoms with Gasteiger partial charge in [0, 0.05) is 18.3 Å². The largest absolute Gasteiger partial charge is 0.328 e. The summed E-state index contributed by atoms with van der Waals surface area (Å²) in [4.78, 5) is 27.8. The summed E-state index contributed by atoms with van der Waals surface area (Å²) in [5.41, 5.74) is 1.23. The molecule has 7 nitrogen and oxygen atoms in total. The number of hydrogen-bond donors (Lipinski definition) is 2. The van der Waals surface area contributed by atoms with Gasteiger partial charge in [0.25, 0.3) is 0 Å². The summed E-state index contributed by atoms with van der Waals surface area (Å²) in [5.74, 6) is 1.10. The molecule has 2 N–H and O–H groups in total. The predicted octanol–water partition coefficient (Wildman–Crippen LogP) is 2.93. The van der Waals surface area contributed by atoms with Crippen molar-refractivity contribution in [2.24, 2.45) is 13.0 Å². The number of amides is 2. The lowest BCUT2D eigenvalue weighted by Gasteiger charge is -2.20. The van der Waals surface area contributed by atoms with E-state index in [9.17, 15) is 9.59 Å². The van der Waals surface area contributed by atoms with E-state index in [1.165, 1.54) is 13.3 Å². The summed E-state index contributed by atoms with van der Waals surface area (Å²) in [6, 6.07) is 6.23. The molecule has 0 fully saturated rings. The van der Waals surface area contributed by atoms with E-state index in [1.54, 1.807) is 36.0 Å². The van der Waals surface area contributed by atoms with Crippen molar-refractivity contribution in [3.05, 3.63) is 42.0 Å². The van der Waals surface area contributed by atoms with E-state index >= 15 is 0 Å². The molecule has 2 rings (SSSR count). The Morgan fingerprint density at radius 1 is 1.21 bits per heavy atom. The summed E-state index contributed by atoms with van der Waals surface area (Å²) < 4.78 is 1.66. The Balaban J connectivity index is 2.04. The molecule has 2 aromatic rings. The average Bonchev–Trinajstić information content (AvgIpc) is 2.92. The van der Waals surface area contributed by atoms with Crippen LogP contribution in [-0.2, 0) is 7.05 Å². The molecule has 0 saturated carbocycles. The molecule has 0 unspecified atom stereocenters. The van der Waals surface area contributed by atoms with E-state index in [1.807, 2.05) is 0 Å². The highest BCUT2D eigenvalue weighted by atomic mass is 16.2. The lowest BCUT2D eigenvalue weighted by atomic mass is 10.0. The number of aryl methyl sites for hydroxylation is 1. The van der Waals surface area contributed by atoms with Crippen molar-refractivity contribution in [2.75, 3.05) is 5.32 Å². The Labute approximate surface area is 141 Å². The fourth-order valence-electron chi connectivity index (χ4n) is 2.43. The number of rotatable bonds is 6. The molecule has 1 aromatic heterocycles. The summed E-state index contributed by atoms with van der Waals surface area (Å²) in [6.07, 6.45) is 2.23. The topological polar surface area (TPSA) is 88.9 Å². The van der Waals surface area contributed by atoms with E-state index in [2.05, 4.69) is 34.6 Å². The second-order valence-electron chi connectivity index (χ2n) is 6.16. The van der Waals surface area contributed by atoms with Gasteiger partial charge in [-0.05, 0) is 43.5 Å². The fraction of sp³-hybridized carbons (Fsp3) is 0.412. The van der Waals surface area contributed by atoms with E-state index in [0.29, 0.717) is 23.0 Å². The second-order valence-corrected chi connectivity index (χ2v) is 6.16. The van der Waals surface area contributed by atoms with Crippen LogP contribution < -0.4 is 10.6 Å². The number of urea groups is 1. The van der Waals surface area contributed by atoms with E-state index in [-0.39, 0.29) is 17.9 Å². The molecule has 24 heavy (non-hydrogen) atoms. The van der Waals surface area contributed by atoms with Crippen molar-refractivity contribution in [1.29, 1.82) is 0 Å². The van der Waals surface area contributed by atoms with Gasteiger partial charge in [-0.15, -0.1) is 0 Å². The van der Waals surface area contributed by atoms with Gasteiger partial charge in [-0.25, -0.2) is 9.78 Å². The van der Waals surface area contributed by atoms with Crippen LogP contribution in [0, 0.1) is 5.92 Å². The van der Waals surface area contributed by atoms with Crippen molar-refractivity contribution < 1.29 is 9.59 Å². The third kappa shape index (κ3) is 4.65. The van der Waals surface area contributed by atoms with Crippen molar-refractivity contribution >= 4 is 17.5 Å². The van der Waals surface area contributed by atoms with Gasteiger partial charge >= 0.3 is 6.03 Å². The normalized spacial score (nSPS) is 12.0. The summed E-state index contributed by atoms with van der Waals surface area (Å²) in [6.45, 7) is 5.68. The van der Waals surface area contributed by atoms with Gasteiger partial charge in [0.2, 0.25) is 0 Å². The molecular formula is C17H23N5O2. The number of hydrogen-bond acceptors (Lipinski definition) is 4. The SMILES string of the molecule is CC(=O)c1ccc(NC(=O)N[C@@H](CC(C)C)c2ncnn2C)cc1. The number of aromatic nitrogens is 3. The molecule has 0 spiro atoms. The highest BCUT2D eigenvalue weighted by molar-refractivity contribution is 5.95. The van der Waals surface area contributed by atoms with Crippen molar-refractivity contribution in [3.8, 4) is 0 Å². The zero-order chi connectivity index (χ0) is 17.7. The Bertz CT molecular complexity index is 706. The molecule has 0 radical (unpaired) electrons. The number of nitrogens with zero attached hydrogens (tertiary/aromatic N) is 3. The zero-order valence-electron chi connectivity index (χ0n) is 14.4. The number of ketones is 1. The molecule has 0 aliphatic rings. The molecule has 0 saturated heterocycles. The Morgan fingerprint density at radius 3 is 2.38 bits per heavy atom. The number of nitrogens with one attached hydrogen (secondary N) is 2. The van der Waals surface area contributed by atoms with Crippen LogP contribution in [0.5, 0.6) is 0 Å².